The van der Waals surface area contributed by atoms with E-state index >= 15 is 0 Å². The summed E-state index contributed by atoms with van der Waals surface area (Å²) in [6.45, 7) is 2.24. The molecule has 2 heterocycles. The van der Waals surface area contributed by atoms with Crippen LogP contribution in [-0.2, 0) is 17.8 Å². The van der Waals surface area contributed by atoms with Crippen molar-refractivity contribution in [2.75, 3.05) is 18.4 Å². The van der Waals surface area contributed by atoms with Gasteiger partial charge in [0.2, 0.25) is 5.91 Å². The number of hydrogen-bond acceptors (Lipinski definition) is 4. The van der Waals surface area contributed by atoms with Crippen LogP contribution in [0, 0.1) is 0 Å². The second-order valence-corrected chi connectivity index (χ2v) is 8.41. The molecule has 4 rings (SSSR count). The molecule has 26 heavy (non-hydrogen) atoms. The first kappa shape index (κ1) is 17.3. The zero-order valence-electron chi connectivity index (χ0n) is 14.4. The molecule has 0 atom stereocenters. The van der Waals surface area contributed by atoms with E-state index in [1.54, 1.807) is 11.8 Å². The van der Waals surface area contributed by atoms with E-state index < -0.39 is 0 Å². The first-order valence-electron chi connectivity index (χ1n) is 8.67. The van der Waals surface area contributed by atoms with E-state index in [4.69, 9.17) is 0 Å². The van der Waals surface area contributed by atoms with Gasteiger partial charge in [-0.2, -0.15) is 0 Å². The molecule has 0 radical (unpaired) electrons. The minimum atomic E-state index is 0.0461. The Kier molecular flexibility index (Phi) is 5.39. The quantitative estimate of drug-likeness (QED) is 0.683. The molecule has 0 fully saturated rings. The molecular weight excluding hydrogens is 360 g/mol. The van der Waals surface area contributed by atoms with Gasteiger partial charge in [-0.3, -0.25) is 9.69 Å². The Labute approximate surface area is 162 Å². The summed E-state index contributed by atoms with van der Waals surface area (Å²) >= 11 is 3.49. The van der Waals surface area contributed by atoms with Gasteiger partial charge < -0.3 is 5.32 Å². The van der Waals surface area contributed by atoms with Crippen molar-refractivity contribution in [3.05, 3.63) is 76.5 Å². The highest BCUT2D eigenvalue weighted by Crippen LogP contribution is 2.33. The molecule has 5 heteroatoms. The standard InChI is InChI=1S/C21H20N2OS2/c24-21(15-23-12-10-19-16(14-23)11-13-25-19)22-18-8-4-5-9-20(18)26-17-6-2-1-3-7-17/h1-9,11,13H,10,12,14-15H2,(H,22,24). The molecule has 1 aliphatic heterocycles. The normalized spacial score (nSPS) is 14.0. The van der Waals surface area contributed by atoms with Gasteiger partial charge in [-0.05, 0) is 47.7 Å². The highest BCUT2D eigenvalue weighted by atomic mass is 32.2. The van der Waals surface area contributed by atoms with Gasteiger partial charge in [0.15, 0.2) is 0 Å². The zero-order valence-corrected chi connectivity index (χ0v) is 16.0. The number of para-hydroxylation sites is 1. The number of carbonyl (C=O) groups excluding carboxylic acids is 1. The lowest BCUT2D eigenvalue weighted by molar-refractivity contribution is -0.117. The van der Waals surface area contributed by atoms with Crippen LogP contribution < -0.4 is 5.32 Å². The van der Waals surface area contributed by atoms with Crippen molar-refractivity contribution >= 4 is 34.7 Å². The second-order valence-electron chi connectivity index (χ2n) is 6.29. The molecule has 0 unspecified atom stereocenters. The summed E-state index contributed by atoms with van der Waals surface area (Å²) in [5.74, 6) is 0.0461. The average Bonchev–Trinajstić information content (AvgIpc) is 3.12. The molecule has 0 saturated carbocycles. The van der Waals surface area contributed by atoms with Crippen molar-refractivity contribution in [2.24, 2.45) is 0 Å². The topological polar surface area (TPSA) is 32.3 Å². The van der Waals surface area contributed by atoms with E-state index in [0.29, 0.717) is 6.54 Å². The summed E-state index contributed by atoms with van der Waals surface area (Å²) in [6, 6.07) is 20.4. The third kappa shape index (κ3) is 4.18. The first-order chi connectivity index (χ1) is 12.8. The van der Waals surface area contributed by atoms with Gasteiger partial charge in [0.05, 0.1) is 12.2 Å². The van der Waals surface area contributed by atoms with Crippen LogP contribution >= 0.6 is 23.1 Å². The molecule has 1 aromatic heterocycles. The van der Waals surface area contributed by atoms with Crippen LogP contribution in [0.3, 0.4) is 0 Å². The number of fused-ring (bicyclic) bond motifs is 1. The molecule has 3 aromatic rings. The van der Waals surface area contributed by atoms with Crippen molar-refractivity contribution in [1.82, 2.24) is 4.90 Å². The number of nitrogens with one attached hydrogen (secondary N) is 1. The van der Waals surface area contributed by atoms with Gasteiger partial charge in [-0.1, -0.05) is 42.1 Å². The van der Waals surface area contributed by atoms with E-state index in [1.165, 1.54) is 10.4 Å². The van der Waals surface area contributed by atoms with Crippen molar-refractivity contribution in [1.29, 1.82) is 0 Å². The maximum atomic E-state index is 12.6. The number of carbonyl (C=O) groups is 1. The fourth-order valence-electron chi connectivity index (χ4n) is 3.11. The lowest BCUT2D eigenvalue weighted by atomic mass is 10.1. The SMILES string of the molecule is O=C(CN1CCc2sccc2C1)Nc1ccccc1Sc1ccccc1. The third-order valence-electron chi connectivity index (χ3n) is 4.39. The molecule has 0 bridgehead atoms. The summed E-state index contributed by atoms with van der Waals surface area (Å²) in [5.41, 5.74) is 2.24. The molecular formula is C21H20N2OS2. The molecule has 0 saturated heterocycles. The summed E-state index contributed by atoms with van der Waals surface area (Å²) in [7, 11) is 0. The number of hydrogen-bond donors (Lipinski definition) is 1. The number of benzene rings is 2. The van der Waals surface area contributed by atoms with E-state index in [9.17, 15) is 4.79 Å². The van der Waals surface area contributed by atoms with Crippen LogP contribution in [0.25, 0.3) is 0 Å². The minimum absolute atomic E-state index is 0.0461. The second kappa shape index (κ2) is 8.08. The van der Waals surface area contributed by atoms with Crippen molar-refractivity contribution in [2.45, 2.75) is 22.8 Å². The van der Waals surface area contributed by atoms with Gasteiger partial charge in [0, 0.05) is 27.8 Å². The maximum Gasteiger partial charge on any atom is 0.238 e. The number of nitrogens with zero attached hydrogens (tertiary/aromatic N) is 1. The van der Waals surface area contributed by atoms with E-state index in [-0.39, 0.29) is 5.91 Å². The zero-order chi connectivity index (χ0) is 17.8. The number of thiophene rings is 1. The Morgan fingerprint density at radius 2 is 1.88 bits per heavy atom. The Balaban J connectivity index is 1.40. The summed E-state index contributed by atoms with van der Waals surface area (Å²) < 4.78 is 0. The van der Waals surface area contributed by atoms with Crippen molar-refractivity contribution in [3.8, 4) is 0 Å². The van der Waals surface area contributed by atoms with Gasteiger partial charge in [0.25, 0.3) is 0 Å². The molecule has 2 aromatic carbocycles. The smallest absolute Gasteiger partial charge is 0.238 e. The largest absolute Gasteiger partial charge is 0.324 e. The van der Waals surface area contributed by atoms with Crippen LogP contribution in [0.5, 0.6) is 0 Å². The van der Waals surface area contributed by atoms with Gasteiger partial charge in [-0.15, -0.1) is 11.3 Å². The van der Waals surface area contributed by atoms with Crippen LogP contribution in [-0.4, -0.2) is 23.9 Å². The van der Waals surface area contributed by atoms with Gasteiger partial charge >= 0.3 is 0 Å². The van der Waals surface area contributed by atoms with Crippen LogP contribution in [0.15, 0.2) is 75.8 Å². The minimum Gasteiger partial charge on any atom is -0.324 e. The predicted octanol–water partition coefficient (Wildman–Crippen LogP) is 4.90. The Hall–Kier alpha value is -2.08. The van der Waals surface area contributed by atoms with Crippen LogP contribution in [0.1, 0.15) is 10.4 Å². The predicted molar refractivity (Wildman–Crippen MR) is 109 cm³/mol. The number of amides is 1. The molecule has 132 valence electrons. The van der Waals surface area contributed by atoms with Gasteiger partial charge in [-0.25, -0.2) is 0 Å². The summed E-state index contributed by atoms with van der Waals surface area (Å²) in [5, 5.41) is 5.24. The lowest BCUT2D eigenvalue weighted by Gasteiger charge is -2.26. The molecule has 0 aliphatic carbocycles. The fourth-order valence-corrected chi connectivity index (χ4v) is 4.92. The Bertz CT molecular complexity index is 892. The van der Waals surface area contributed by atoms with E-state index in [2.05, 4.69) is 33.8 Å². The summed E-state index contributed by atoms with van der Waals surface area (Å²) in [4.78, 5) is 18.5. The third-order valence-corrected chi connectivity index (χ3v) is 6.49. The average molecular weight is 381 g/mol. The first-order valence-corrected chi connectivity index (χ1v) is 10.4. The lowest BCUT2D eigenvalue weighted by Crippen LogP contribution is -2.36. The van der Waals surface area contributed by atoms with Crippen molar-refractivity contribution in [3.63, 3.8) is 0 Å². The number of rotatable bonds is 5. The molecule has 3 nitrogen and oxygen atoms in total. The van der Waals surface area contributed by atoms with Crippen LogP contribution in [0.2, 0.25) is 0 Å². The fraction of sp³-hybridized carbons (Fsp3) is 0.190. The number of anilines is 1. The van der Waals surface area contributed by atoms with E-state index in [0.717, 1.165) is 35.0 Å². The van der Waals surface area contributed by atoms with Crippen molar-refractivity contribution < 1.29 is 4.79 Å². The highest BCUT2D eigenvalue weighted by Gasteiger charge is 2.19. The highest BCUT2D eigenvalue weighted by molar-refractivity contribution is 7.99. The van der Waals surface area contributed by atoms with Gasteiger partial charge in [0.1, 0.15) is 0 Å². The Morgan fingerprint density at radius 3 is 2.77 bits per heavy atom. The summed E-state index contributed by atoms with van der Waals surface area (Å²) in [6.07, 6.45) is 1.04. The maximum absolute atomic E-state index is 12.6. The molecule has 1 N–H and O–H groups in total. The molecule has 1 aliphatic rings. The van der Waals surface area contributed by atoms with E-state index in [1.807, 2.05) is 53.8 Å². The molecule has 1 amide bonds. The Morgan fingerprint density at radius 1 is 1.08 bits per heavy atom. The molecule has 0 spiro atoms. The monoisotopic (exact) mass is 380 g/mol. The van der Waals surface area contributed by atoms with Crippen LogP contribution in [0.4, 0.5) is 5.69 Å².